The van der Waals surface area contributed by atoms with Gasteiger partial charge in [-0.25, -0.2) is 0 Å². The molecular weight excluding hydrogens is 270 g/mol. The molecule has 1 atom stereocenters. The molecule has 0 fully saturated rings. The third-order valence-corrected chi connectivity index (χ3v) is 3.24. The number of rotatable bonds is 5. The summed E-state index contributed by atoms with van der Waals surface area (Å²) in [6.07, 6.45) is -0.476. The molecule has 4 heteroatoms. The fourth-order valence-corrected chi connectivity index (χ4v) is 2.34. The SMILES string of the molecule is CCN(CCO)c1ccc(C(C)O)c(Br)c1. The van der Waals surface area contributed by atoms with Crippen LogP contribution in [0.5, 0.6) is 0 Å². The van der Waals surface area contributed by atoms with Crippen LogP contribution in [-0.4, -0.2) is 29.9 Å². The maximum atomic E-state index is 9.51. The molecule has 0 heterocycles. The largest absolute Gasteiger partial charge is 0.395 e. The van der Waals surface area contributed by atoms with E-state index in [1.165, 1.54) is 0 Å². The highest BCUT2D eigenvalue weighted by atomic mass is 79.9. The summed E-state index contributed by atoms with van der Waals surface area (Å²) in [5, 5.41) is 18.5. The van der Waals surface area contributed by atoms with Crippen LogP contribution in [0.1, 0.15) is 25.5 Å². The van der Waals surface area contributed by atoms with Crippen molar-refractivity contribution in [2.45, 2.75) is 20.0 Å². The van der Waals surface area contributed by atoms with Crippen LogP contribution in [0.4, 0.5) is 5.69 Å². The first-order chi connectivity index (χ1) is 7.60. The van der Waals surface area contributed by atoms with Crippen LogP contribution in [0, 0.1) is 0 Å². The summed E-state index contributed by atoms with van der Waals surface area (Å²) in [5.41, 5.74) is 1.93. The van der Waals surface area contributed by atoms with E-state index in [0.717, 1.165) is 22.3 Å². The van der Waals surface area contributed by atoms with Gasteiger partial charge in [0.15, 0.2) is 0 Å². The van der Waals surface area contributed by atoms with E-state index in [2.05, 4.69) is 20.8 Å². The molecule has 0 aliphatic heterocycles. The van der Waals surface area contributed by atoms with Gasteiger partial charge in [-0.3, -0.25) is 0 Å². The van der Waals surface area contributed by atoms with Crippen molar-refractivity contribution in [1.82, 2.24) is 0 Å². The van der Waals surface area contributed by atoms with Crippen LogP contribution in [-0.2, 0) is 0 Å². The zero-order chi connectivity index (χ0) is 12.1. The number of hydrogen-bond donors (Lipinski definition) is 2. The molecule has 0 radical (unpaired) electrons. The van der Waals surface area contributed by atoms with Crippen molar-refractivity contribution in [3.8, 4) is 0 Å². The number of nitrogens with zero attached hydrogens (tertiary/aromatic N) is 1. The monoisotopic (exact) mass is 287 g/mol. The van der Waals surface area contributed by atoms with E-state index in [-0.39, 0.29) is 6.61 Å². The average Bonchev–Trinajstić information content (AvgIpc) is 2.25. The van der Waals surface area contributed by atoms with Crippen molar-refractivity contribution in [2.75, 3.05) is 24.6 Å². The highest BCUT2D eigenvalue weighted by Crippen LogP contribution is 2.28. The van der Waals surface area contributed by atoms with Gasteiger partial charge in [-0.1, -0.05) is 22.0 Å². The van der Waals surface area contributed by atoms with Gasteiger partial charge in [0.1, 0.15) is 0 Å². The standard InChI is InChI=1S/C12H18BrNO2/c1-3-14(6-7-15)10-4-5-11(9(2)16)12(13)8-10/h4-5,8-9,15-16H,3,6-7H2,1-2H3. The zero-order valence-corrected chi connectivity index (χ0v) is 11.2. The Morgan fingerprint density at radius 2 is 2.12 bits per heavy atom. The lowest BCUT2D eigenvalue weighted by molar-refractivity contribution is 0.198. The van der Waals surface area contributed by atoms with E-state index in [1.54, 1.807) is 6.92 Å². The molecule has 0 aliphatic carbocycles. The average molecular weight is 288 g/mol. The first-order valence-corrected chi connectivity index (χ1v) is 6.22. The number of aliphatic hydroxyl groups excluding tert-OH is 2. The Morgan fingerprint density at radius 3 is 2.56 bits per heavy atom. The van der Waals surface area contributed by atoms with E-state index in [1.807, 2.05) is 25.1 Å². The first-order valence-electron chi connectivity index (χ1n) is 5.43. The van der Waals surface area contributed by atoms with E-state index in [0.29, 0.717) is 6.54 Å². The third kappa shape index (κ3) is 3.20. The van der Waals surface area contributed by atoms with Crippen LogP contribution in [0.3, 0.4) is 0 Å². The van der Waals surface area contributed by atoms with Crippen LogP contribution >= 0.6 is 15.9 Å². The second-order valence-electron chi connectivity index (χ2n) is 3.69. The predicted octanol–water partition coefficient (Wildman–Crippen LogP) is 2.32. The molecule has 0 bridgehead atoms. The van der Waals surface area contributed by atoms with Gasteiger partial charge in [-0.15, -0.1) is 0 Å². The lowest BCUT2D eigenvalue weighted by atomic mass is 10.1. The summed E-state index contributed by atoms with van der Waals surface area (Å²) in [5.74, 6) is 0. The van der Waals surface area contributed by atoms with Gasteiger partial charge in [-0.05, 0) is 31.5 Å². The van der Waals surface area contributed by atoms with Crippen molar-refractivity contribution in [2.24, 2.45) is 0 Å². The number of halogens is 1. The Morgan fingerprint density at radius 1 is 1.44 bits per heavy atom. The maximum absolute atomic E-state index is 9.51. The highest BCUT2D eigenvalue weighted by molar-refractivity contribution is 9.10. The molecule has 0 aliphatic rings. The van der Waals surface area contributed by atoms with Gasteiger partial charge in [-0.2, -0.15) is 0 Å². The summed E-state index contributed by atoms with van der Waals surface area (Å²) in [6, 6.07) is 5.84. The van der Waals surface area contributed by atoms with Crippen molar-refractivity contribution in [3.05, 3.63) is 28.2 Å². The van der Waals surface area contributed by atoms with Crippen molar-refractivity contribution in [1.29, 1.82) is 0 Å². The minimum atomic E-state index is -0.476. The van der Waals surface area contributed by atoms with Gasteiger partial charge in [0.25, 0.3) is 0 Å². The number of benzene rings is 1. The second-order valence-corrected chi connectivity index (χ2v) is 4.54. The number of anilines is 1. The Bertz CT molecular complexity index is 342. The van der Waals surface area contributed by atoms with Gasteiger partial charge < -0.3 is 15.1 Å². The lowest BCUT2D eigenvalue weighted by Crippen LogP contribution is -2.26. The molecule has 2 N–H and O–H groups in total. The normalized spacial score (nSPS) is 12.6. The lowest BCUT2D eigenvalue weighted by Gasteiger charge is -2.23. The molecule has 1 rings (SSSR count). The van der Waals surface area contributed by atoms with Gasteiger partial charge in [0, 0.05) is 23.2 Å². The fraction of sp³-hybridized carbons (Fsp3) is 0.500. The van der Waals surface area contributed by atoms with E-state index in [4.69, 9.17) is 5.11 Å². The number of aliphatic hydroxyl groups is 2. The topological polar surface area (TPSA) is 43.7 Å². The molecule has 1 aromatic rings. The minimum absolute atomic E-state index is 0.142. The summed E-state index contributed by atoms with van der Waals surface area (Å²) < 4.78 is 0.899. The zero-order valence-electron chi connectivity index (χ0n) is 9.65. The molecule has 0 saturated heterocycles. The quantitative estimate of drug-likeness (QED) is 0.874. The van der Waals surface area contributed by atoms with Gasteiger partial charge >= 0.3 is 0 Å². The smallest absolute Gasteiger partial charge is 0.0772 e. The molecule has 90 valence electrons. The molecule has 0 saturated carbocycles. The molecular formula is C12H18BrNO2. The Balaban J connectivity index is 2.95. The molecule has 1 aromatic carbocycles. The first kappa shape index (κ1) is 13.5. The number of hydrogen-bond acceptors (Lipinski definition) is 3. The highest BCUT2D eigenvalue weighted by Gasteiger charge is 2.09. The summed E-state index contributed by atoms with van der Waals surface area (Å²) >= 11 is 3.45. The summed E-state index contributed by atoms with van der Waals surface area (Å²) in [7, 11) is 0. The molecule has 3 nitrogen and oxygen atoms in total. The molecule has 0 amide bonds. The predicted molar refractivity (Wildman–Crippen MR) is 69.7 cm³/mol. The van der Waals surface area contributed by atoms with E-state index >= 15 is 0 Å². The Labute approximate surface area is 105 Å². The Kier molecular flexibility index (Phi) is 5.25. The van der Waals surface area contributed by atoms with Crippen LogP contribution in [0.15, 0.2) is 22.7 Å². The van der Waals surface area contributed by atoms with Gasteiger partial charge in [0.2, 0.25) is 0 Å². The van der Waals surface area contributed by atoms with Gasteiger partial charge in [0.05, 0.1) is 12.7 Å². The molecule has 0 spiro atoms. The van der Waals surface area contributed by atoms with Crippen LogP contribution in [0.25, 0.3) is 0 Å². The summed E-state index contributed by atoms with van der Waals surface area (Å²) in [4.78, 5) is 2.08. The summed E-state index contributed by atoms with van der Waals surface area (Å²) in [6.45, 7) is 5.40. The van der Waals surface area contributed by atoms with Crippen molar-refractivity contribution >= 4 is 21.6 Å². The number of likely N-dealkylation sites (N-methyl/N-ethyl adjacent to an activating group) is 1. The molecule has 16 heavy (non-hydrogen) atoms. The van der Waals surface area contributed by atoms with Crippen LogP contribution < -0.4 is 4.90 Å². The molecule has 0 aromatic heterocycles. The van der Waals surface area contributed by atoms with Crippen molar-refractivity contribution < 1.29 is 10.2 Å². The van der Waals surface area contributed by atoms with E-state index < -0.39 is 6.10 Å². The second kappa shape index (κ2) is 6.23. The van der Waals surface area contributed by atoms with E-state index in [9.17, 15) is 5.11 Å². The third-order valence-electron chi connectivity index (χ3n) is 2.55. The maximum Gasteiger partial charge on any atom is 0.0772 e. The van der Waals surface area contributed by atoms with Crippen LogP contribution in [0.2, 0.25) is 0 Å². The molecule has 1 unspecified atom stereocenters. The Hall–Kier alpha value is -0.580. The van der Waals surface area contributed by atoms with Crippen molar-refractivity contribution in [3.63, 3.8) is 0 Å². The minimum Gasteiger partial charge on any atom is -0.395 e. The fourth-order valence-electron chi connectivity index (χ4n) is 1.64.